The highest BCUT2D eigenvalue weighted by Crippen LogP contribution is 2.29. The van der Waals surface area contributed by atoms with Crippen LogP contribution in [0.5, 0.6) is 5.75 Å². The van der Waals surface area contributed by atoms with E-state index < -0.39 is 4.92 Å². The Kier molecular flexibility index (Phi) is 5.58. The first-order chi connectivity index (χ1) is 8.58. The lowest BCUT2D eigenvalue weighted by atomic mass is 10.2. The first kappa shape index (κ1) is 14.4. The van der Waals surface area contributed by atoms with E-state index in [1.807, 2.05) is 26.8 Å². The van der Waals surface area contributed by atoms with Crippen molar-refractivity contribution < 1.29 is 9.66 Å². The molecule has 0 spiro atoms. The van der Waals surface area contributed by atoms with Crippen LogP contribution < -0.4 is 10.1 Å². The lowest BCUT2D eigenvalue weighted by Crippen LogP contribution is -2.13. The summed E-state index contributed by atoms with van der Waals surface area (Å²) in [4.78, 5) is 10.6. The third-order valence-corrected chi connectivity index (χ3v) is 2.70. The van der Waals surface area contributed by atoms with Crippen LogP contribution in [0, 0.1) is 10.1 Å². The Morgan fingerprint density at radius 1 is 1.44 bits per heavy atom. The van der Waals surface area contributed by atoms with Gasteiger partial charge in [0.2, 0.25) is 0 Å². The van der Waals surface area contributed by atoms with Gasteiger partial charge in [0.25, 0.3) is 0 Å². The SMILES string of the molecule is CCNCc1ccc(OC(C)CC)c([N+](=O)[O-])c1. The fourth-order valence-corrected chi connectivity index (χ4v) is 1.48. The van der Waals surface area contributed by atoms with Crippen molar-refractivity contribution in [1.82, 2.24) is 5.32 Å². The van der Waals surface area contributed by atoms with Gasteiger partial charge in [0.15, 0.2) is 5.75 Å². The van der Waals surface area contributed by atoms with E-state index in [1.165, 1.54) is 0 Å². The number of ether oxygens (including phenoxy) is 1. The standard InChI is InChI=1S/C13H20N2O3/c1-4-10(3)18-13-7-6-11(9-14-5-2)8-12(13)15(16)17/h6-8,10,14H,4-5,9H2,1-3H3. The second-order valence-corrected chi connectivity index (χ2v) is 4.18. The van der Waals surface area contributed by atoms with Crippen LogP contribution in [0.2, 0.25) is 0 Å². The Morgan fingerprint density at radius 3 is 2.72 bits per heavy atom. The first-order valence-corrected chi connectivity index (χ1v) is 6.23. The Hall–Kier alpha value is -1.62. The van der Waals surface area contributed by atoms with Gasteiger partial charge in [-0.05, 0) is 31.5 Å². The summed E-state index contributed by atoms with van der Waals surface area (Å²) in [5.41, 5.74) is 0.922. The van der Waals surface area contributed by atoms with Crippen LogP contribution in [0.1, 0.15) is 32.8 Å². The van der Waals surface area contributed by atoms with Gasteiger partial charge >= 0.3 is 5.69 Å². The van der Waals surface area contributed by atoms with Gasteiger partial charge < -0.3 is 10.1 Å². The van der Waals surface area contributed by atoms with Crippen molar-refractivity contribution in [3.63, 3.8) is 0 Å². The van der Waals surface area contributed by atoms with Crippen LogP contribution >= 0.6 is 0 Å². The van der Waals surface area contributed by atoms with Gasteiger partial charge in [-0.3, -0.25) is 10.1 Å². The molecule has 0 saturated carbocycles. The number of rotatable bonds is 7. The zero-order chi connectivity index (χ0) is 13.5. The molecule has 0 fully saturated rings. The number of nitro groups is 1. The predicted octanol–water partition coefficient (Wildman–Crippen LogP) is 2.88. The van der Waals surface area contributed by atoms with Crippen molar-refractivity contribution in [3.8, 4) is 5.75 Å². The van der Waals surface area contributed by atoms with Crippen molar-refractivity contribution in [2.24, 2.45) is 0 Å². The highest BCUT2D eigenvalue weighted by Gasteiger charge is 2.17. The lowest BCUT2D eigenvalue weighted by molar-refractivity contribution is -0.386. The van der Waals surface area contributed by atoms with Gasteiger partial charge in [0.05, 0.1) is 11.0 Å². The molecule has 0 heterocycles. The van der Waals surface area contributed by atoms with E-state index in [9.17, 15) is 10.1 Å². The summed E-state index contributed by atoms with van der Waals surface area (Å²) in [6, 6.07) is 5.10. The third kappa shape index (κ3) is 4.00. The first-order valence-electron chi connectivity index (χ1n) is 6.23. The molecule has 1 N–H and O–H groups in total. The molecule has 1 aromatic carbocycles. The van der Waals surface area contributed by atoms with Crippen molar-refractivity contribution in [2.75, 3.05) is 6.54 Å². The smallest absolute Gasteiger partial charge is 0.311 e. The Balaban J connectivity index is 2.93. The van der Waals surface area contributed by atoms with E-state index in [-0.39, 0.29) is 11.8 Å². The van der Waals surface area contributed by atoms with Crippen molar-refractivity contribution >= 4 is 5.69 Å². The normalized spacial score (nSPS) is 12.2. The maximum Gasteiger partial charge on any atom is 0.311 e. The summed E-state index contributed by atoms with van der Waals surface area (Å²) in [6.45, 7) is 7.33. The molecule has 5 nitrogen and oxygen atoms in total. The second-order valence-electron chi connectivity index (χ2n) is 4.18. The van der Waals surface area contributed by atoms with Crippen molar-refractivity contribution in [3.05, 3.63) is 33.9 Å². The molecule has 5 heteroatoms. The largest absolute Gasteiger partial charge is 0.484 e. The van der Waals surface area contributed by atoms with E-state index in [4.69, 9.17) is 4.74 Å². The van der Waals surface area contributed by atoms with Gasteiger partial charge in [0, 0.05) is 12.6 Å². The second kappa shape index (κ2) is 6.96. The minimum absolute atomic E-state index is 0.0247. The Bertz CT molecular complexity index is 407. The summed E-state index contributed by atoms with van der Waals surface area (Å²) < 4.78 is 5.55. The Morgan fingerprint density at radius 2 is 2.17 bits per heavy atom. The molecule has 1 unspecified atom stereocenters. The number of hydrogen-bond acceptors (Lipinski definition) is 4. The van der Waals surface area contributed by atoms with Crippen LogP contribution in [0.25, 0.3) is 0 Å². The molecule has 1 atom stereocenters. The summed E-state index contributed by atoms with van der Waals surface area (Å²) >= 11 is 0. The van der Waals surface area contributed by atoms with Gasteiger partial charge in [-0.15, -0.1) is 0 Å². The van der Waals surface area contributed by atoms with Crippen molar-refractivity contribution in [2.45, 2.75) is 39.8 Å². The topological polar surface area (TPSA) is 64.4 Å². The fourth-order valence-electron chi connectivity index (χ4n) is 1.48. The van der Waals surface area contributed by atoms with Gasteiger partial charge in [-0.25, -0.2) is 0 Å². The zero-order valence-electron chi connectivity index (χ0n) is 11.1. The number of nitrogens with zero attached hydrogens (tertiary/aromatic N) is 1. The van der Waals surface area contributed by atoms with Crippen molar-refractivity contribution in [1.29, 1.82) is 0 Å². The molecule has 0 aliphatic heterocycles. The molecule has 0 aromatic heterocycles. The van der Waals surface area contributed by atoms with E-state index in [0.29, 0.717) is 12.3 Å². The highest BCUT2D eigenvalue weighted by molar-refractivity contribution is 5.48. The average Bonchev–Trinajstić information content (AvgIpc) is 2.37. The molecule has 18 heavy (non-hydrogen) atoms. The molecule has 0 aliphatic rings. The van der Waals surface area contributed by atoms with Crippen LogP contribution in [0.3, 0.4) is 0 Å². The maximum atomic E-state index is 11.0. The van der Waals surface area contributed by atoms with Gasteiger partial charge in [-0.2, -0.15) is 0 Å². The molecule has 0 amide bonds. The number of hydrogen-bond donors (Lipinski definition) is 1. The fraction of sp³-hybridized carbons (Fsp3) is 0.538. The third-order valence-electron chi connectivity index (χ3n) is 2.70. The van der Waals surface area contributed by atoms with Crippen LogP contribution in [-0.2, 0) is 6.54 Å². The molecule has 100 valence electrons. The average molecular weight is 252 g/mol. The molecular weight excluding hydrogens is 232 g/mol. The quantitative estimate of drug-likeness (QED) is 0.598. The number of nitro benzene ring substituents is 1. The van der Waals surface area contributed by atoms with Gasteiger partial charge in [-0.1, -0.05) is 19.9 Å². The minimum atomic E-state index is -0.396. The summed E-state index contributed by atoms with van der Waals surface area (Å²) in [5, 5.41) is 14.2. The molecule has 0 saturated heterocycles. The molecule has 1 aromatic rings. The lowest BCUT2D eigenvalue weighted by Gasteiger charge is -2.13. The maximum absolute atomic E-state index is 11.0. The zero-order valence-corrected chi connectivity index (χ0v) is 11.1. The van der Waals surface area contributed by atoms with Crippen LogP contribution in [0.15, 0.2) is 18.2 Å². The summed E-state index contributed by atoms with van der Waals surface area (Å²) in [6.07, 6.45) is 0.791. The van der Waals surface area contributed by atoms with Crippen LogP contribution in [0.4, 0.5) is 5.69 Å². The number of benzene rings is 1. The minimum Gasteiger partial charge on any atom is -0.484 e. The summed E-state index contributed by atoms with van der Waals surface area (Å²) in [5.74, 6) is 0.342. The van der Waals surface area contributed by atoms with E-state index in [0.717, 1.165) is 18.5 Å². The van der Waals surface area contributed by atoms with E-state index >= 15 is 0 Å². The number of nitrogens with one attached hydrogen (secondary N) is 1. The summed E-state index contributed by atoms with van der Waals surface area (Å²) in [7, 11) is 0. The van der Waals surface area contributed by atoms with Gasteiger partial charge in [0.1, 0.15) is 0 Å². The highest BCUT2D eigenvalue weighted by atomic mass is 16.6. The van der Waals surface area contributed by atoms with Crippen LogP contribution in [-0.4, -0.2) is 17.6 Å². The molecule has 0 radical (unpaired) electrons. The van der Waals surface area contributed by atoms with E-state index in [2.05, 4.69) is 5.32 Å². The molecule has 0 aliphatic carbocycles. The molecule has 0 bridgehead atoms. The predicted molar refractivity (Wildman–Crippen MR) is 70.9 cm³/mol. The van der Waals surface area contributed by atoms with E-state index in [1.54, 1.807) is 12.1 Å². The molecule has 1 rings (SSSR count). The molecular formula is C13H20N2O3. The monoisotopic (exact) mass is 252 g/mol. The Labute approximate surface area is 107 Å².